The quantitative estimate of drug-likeness (QED) is 0.728. The van der Waals surface area contributed by atoms with Gasteiger partial charge in [-0.15, -0.1) is 0 Å². The van der Waals surface area contributed by atoms with E-state index >= 15 is 0 Å². The second-order valence-corrected chi connectivity index (χ2v) is 3.73. The molecule has 0 saturated heterocycles. The Morgan fingerprint density at radius 2 is 1.73 bits per heavy atom. The van der Waals surface area contributed by atoms with Crippen molar-refractivity contribution in [2.24, 2.45) is 0 Å². The molecule has 1 rings (SSSR count). The molecule has 1 aromatic rings. The Morgan fingerprint density at radius 3 is 2.27 bits per heavy atom. The van der Waals surface area contributed by atoms with Crippen LogP contribution in [0.15, 0.2) is 0 Å². The van der Waals surface area contributed by atoms with Crippen LogP contribution in [0.25, 0.3) is 0 Å². The monoisotopic (exact) mass is 262 g/mol. The molecule has 0 unspecified atom stereocenters. The fraction of sp³-hybridized carbons (Fsp3) is 0.375. The van der Waals surface area contributed by atoms with Crippen molar-refractivity contribution in [3.8, 4) is 0 Å². The maximum absolute atomic E-state index is 5.67. The third-order valence-electron chi connectivity index (χ3n) is 1.95. The summed E-state index contributed by atoms with van der Waals surface area (Å²) >= 11 is 2.22. The van der Waals surface area contributed by atoms with E-state index in [1.54, 1.807) is 0 Å². The highest BCUT2D eigenvalue weighted by Crippen LogP contribution is 2.21. The zero-order valence-corrected chi connectivity index (χ0v) is 9.06. The summed E-state index contributed by atoms with van der Waals surface area (Å²) in [5.41, 5.74) is 9.19. The van der Waals surface area contributed by atoms with Crippen LogP contribution in [0.4, 0.5) is 5.82 Å². The molecule has 1 aromatic heterocycles. The average Bonchev–Trinajstić information content (AvgIpc) is 1.97. The van der Waals surface area contributed by atoms with Gasteiger partial charge in [-0.05, 0) is 54.5 Å². The highest BCUT2D eigenvalue weighted by Gasteiger charge is 2.06. The summed E-state index contributed by atoms with van der Waals surface area (Å²) in [5, 5.41) is 0. The fourth-order valence-corrected chi connectivity index (χ4v) is 1.47. The lowest BCUT2D eigenvalue weighted by molar-refractivity contribution is 1.11. The van der Waals surface area contributed by atoms with Gasteiger partial charge in [-0.1, -0.05) is 0 Å². The molecule has 60 valence electrons. The Morgan fingerprint density at radius 1 is 1.18 bits per heavy atom. The summed E-state index contributed by atoms with van der Waals surface area (Å²) in [7, 11) is 0. The van der Waals surface area contributed by atoms with E-state index in [9.17, 15) is 0 Å². The van der Waals surface area contributed by atoms with Gasteiger partial charge in [0.2, 0.25) is 0 Å². The Hall–Kier alpha value is -0.320. The first-order valence-electron chi connectivity index (χ1n) is 3.42. The molecule has 0 bridgehead atoms. The number of aromatic nitrogens is 1. The molecular weight excluding hydrogens is 251 g/mol. The number of nitrogens with zero attached hydrogens (tertiary/aromatic N) is 1. The van der Waals surface area contributed by atoms with Gasteiger partial charge < -0.3 is 5.73 Å². The van der Waals surface area contributed by atoms with Crippen molar-refractivity contribution in [1.29, 1.82) is 0 Å². The van der Waals surface area contributed by atoms with Crippen molar-refractivity contribution < 1.29 is 0 Å². The molecule has 0 spiro atoms. The van der Waals surface area contributed by atoms with Gasteiger partial charge in [0.05, 0.1) is 3.57 Å². The maximum atomic E-state index is 5.67. The first-order valence-corrected chi connectivity index (χ1v) is 4.50. The number of anilines is 1. The van der Waals surface area contributed by atoms with Crippen molar-refractivity contribution in [1.82, 2.24) is 4.98 Å². The van der Waals surface area contributed by atoms with Gasteiger partial charge >= 0.3 is 0 Å². The fourth-order valence-electron chi connectivity index (χ4n) is 0.942. The summed E-state index contributed by atoms with van der Waals surface area (Å²) in [4.78, 5) is 4.20. The highest BCUT2D eigenvalue weighted by molar-refractivity contribution is 14.1. The molecule has 3 heteroatoms. The molecule has 0 aliphatic heterocycles. The number of nitrogen functional groups attached to an aromatic ring is 1. The first kappa shape index (κ1) is 8.77. The number of halogens is 1. The van der Waals surface area contributed by atoms with Crippen molar-refractivity contribution in [2.45, 2.75) is 20.8 Å². The summed E-state index contributed by atoms with van der Waals surface area (Å²) < 4.78 is 1.07. The van der Waals surface area contributed by atoms with Gasteiger partial charge in [-0.2, -0.15) is 0 Å². The number of rotatable bonds is 0. The molecule has 0 radical (unpaired) electrons. The standard InChI is InChI=1S/C8H11IN2/c1-4-5(2)7(9)8(10)11-6(4)3/h1-3H3,(H2,10,11). The third-order valence-corrected chi connectivity index (χ3v) is 3.31. The van der Waals surface area contributed by atoms with E-state index in [1.165, 1.54) is 11.1 Å². The van der Waals surface area contributed by atoms with Gasteiger partial charge in [0, 0.05) is 5.69 Å². The lowest BCUT2D eigenvalue weighted by Gasteiger charge is -2.07. The van der Waals surface area contributed by atoms with Crippen molar-refractivity contribution in [3.05, 3.63) is 20.4 Å². The van der Waals surface area contributed by atoms with Gasteiger partial charge in [0.25, 0.3) is 0 Å². The van der Waals surface area contributed by atoms with Crippen LogP contribution in [0.2, 0.25) is 0 Å². The van der Waals surface area contributed by atoms with Crippen molar-refractivity contribution in [2.75, 3.05) is 5.73 Å². The molecule has 2 N–H and O–H groups in total. The Bertz CT molecular complexity index is 268. The molecule has 0 saturated carbocycles. The van der Waals surface area contributed by atoms with Crippen LogP contribution in [-0.2, 0) is 0 Å². The SMILES string of the molecule is Cc1nc(N)c(I)c(C)c1C. The van der Waals surface area contributed by atoms with Gasteiger partial charge in [0.15, 0.2) is 0 Å². The van der Waals surface area contributed by atoms with Crippen molar-refractivity contribution in [3.63, 3.8) is 0 Å². The van der Waals surface area contributed by atoms with Gasteiger partial charge in [0.1, 0.15) is 5.82 Å². The molecule has 0 fully saturated rings. The number of aryl methyl sites for hydroxylation is 1. The number of hydrogen-bond donors (Lipinski definition) is 1. The molecular formula is C8H11IN2. The third kappa shape index (κ3) is 1.47. The normalized spacial score (nSPS) is 10.2. The zero-order chi connectivity index (χ0) is 8.59. The van der Waals surface area contributed by atoms with Crippen LogP contribution >= 0.6 is 22.6 Å². The molecule has 1 heterocycles. The van der Waals surface area contributed by atoms with E-state index in [-0.39, 0.29) is 0 Å². The van der Waals surface area contributed by atoms with Crippen LogP contribution in [0, 0.1) is 24.3 Å². The first-order chi connectivity index (χ1) is 5.04. The summed E-state index contributed by atoms with van der Waals surface area (Å²) in [6.45, 7) is 6.12. The highest BCUT2D eigenvalue weighted by atomic mass is 127. The second-order valence-electron chi connectivity index (χ2n) is 2.65. The Balaban J connectivity index is 3.46. The largest absolute Gasteiger partial charge is 0.383 e. The summed E-state index contributed by atoms with van der Waals surface area (Å²) in [5.74, 6) is 0.645. The molecule has 2 nitrogen and oxygen atoms in total. The minimum atomic E-state index is 0.645. The smallest absolute Gasteiger partial charge is 0.137 e. The second kappa shape index (κ2) is 2.97. The predicted octanol–water partition coefficient (Wildman–Crippen LogP) is 2.19. The lowest BCUT2D eigenvalue weighted by atomic mass is 10.1. The van der Waals surface area contributed by atoms with E-state index in [4.69, 9.17) is 5.73 Å². The maximum Gasteiger partial charge on any atom is 0.137 e. The number of hydrogen-bond acceptors (Lipinski definition) is 2. The van der Waals surface area contributed by atoms with Gasteiger partial charge in [-0.25, -0.2) is 4.98 Å². The van der Waals surface area contributed by atoms with Crippen LogP contribution in [0.3, 0.4) is 0 Å². The van der Waals surface area contributed by atoms with E-state index in [1.807, 2.05) is 6.92 Å². The lowest BCUT2D eigenvalue weighted by Crippen LogP contribution is -2.01. The van der Waals surface area contributed by atoms with Crippen molar-refractivity contribution >= 4 is 28.4 Å². The number of pyridine rings is 1. The minimum Gasteiger partial charge on any atom is -0.383 e. The summed E-state index contributed by atoms with van der Waals surface area (Å²) in [6, 6.07) is 0. The molecule has 0 amide bonds. The van der Waals surface area contributed by atoms with Gasteiger partial charge in [-0.3, -0.25) is 0 Å². The predicted molar refractivity (Wildman–Crippen MR) is 55.6 cm³/mol. The molecule has 0 aromatic carbocycles. The number of nitrogens with two attached hydrogens (primary N) is 1. The minimum absolute atomic E-state index is 0.645. The summed E-state index contributed by atoms with van der Waals surface area (Å²) in [6.07, 6.45) is 0. The van der Waals surface area contributed by atoms with E-state index < -0.39 is 0 Å². The molecule has 11 heavy (non-hydrogen) atoms. The zero-order valence-electron chi connectivity index (χ0n) is 6.90. The van der Waals surface area contributed by atoms with Crippen LogP contribution in [0.5, 0.6) is 0 Å². The van der Waals surface area contributed by atoms with Crippen LogP contribution in [-0.4, -0.2) is 4.98 Å². The van der Waals surface area contributed by atoms with E-state index in [0.29, 0.717) is 5.82 Å². The van der Waals surface area contributed by atoms with E-state index in [2.05, 4.69) is 41.4 Å². The molecule has 0 aliphatic carbocycles. The molecule has 0 aliphatic rings. The average molecular weight is 262 g/mol. The Labute approximate surface area is 80.3 Å². The molecule has 0 atom stereocenters. The topological polar surface area (TPSA) is 38.9 Å². The van der Waals surface area contributed by atoms with Crippen LogP contribution < -0.4 is 5.73 Å². The van der Waals surface area contributed by atoms with Crippen LogP contribution in [0.1, 0.15) is 16.8 Å². The van der Waals surface area contributed by atoms with E-state index in [0.717, 1.165) is 9.26 Å². The Kier molecular flexibility index (Phi) is 2.37.